The Labute approximate surface area is 315 Å². The molecule has 0 saturated carbocycles. The summed E-state index contributed by atoms with van der Waals surface area (Å²) in [5, 5.41) is 9.85. The highest BCUT2D eigenvalue weighted by Gasteiger charge is 2.41. The first-order chi connectivity index (χ1) is 26.2. The Balaban J connectivity index is 1.22. The van der Waals surface area contributed by atoms with E-state index < -0.39 is 35.4 Å². The van der Waals surface area contributed by atoms with E-state index in [1.54, 1.807) is 24.3 Å². The normalized spacial score (nSPS) is 13.6. The number of anilines is 1. The van der Waals surface area contributed by atoms with Crippen molar-refractivity contribution < 1.29 is 42.9 Å². The van der Waals surface area contributed by atoms with Crippen LogP contribution in [0, 0.1) is 11.3 Å². The third-order valence-electron chi connectivity index (χ3n) is 8.62. The second kappa shape index (κ2) is 16.4. The lowest BCUT2D eigenvalue weighted by atomic mass is 9.98. The van der Waals surface area contributed by atoms with Crippen LogP contribution in [-0.2, 0) is 14.3 Å². The highest BCUT2D eigenvalue weighted by atomic mass is 32.2. The second-order valence-electron chi connectivity index (χ2n) is 11.7. The standard InChI is InChI=1S/C41H33N3O9S/c1-49-33-18-15-26(19-35(33)51-3)32(45)23-53-41(48)25-13-16-27(17-14-25)44-37(46)21-36(40(44)47)54-39-30(22-42)29(20-31(43-39)24-9-6-5-7-10-24)28-11-8-12-34(50-2)38(28)52-4/h5-20,36H,21,23H2,1-4H3. The highest BCUT2D eigenvalue weighted by Crippen LogP contribution is 2.44. The van der Waals surface area contributed by atoms with E-state index >= 15 is 0 Å². The molecule has 12 nitrogen and oxygen atoms in total. The highest BCUT2D eigenvalue weighted by molar-refractivity contribution is 8.00. The number of nitriles is 1. The maximum atomic E-state index is 13.8. The first-order valence-corrected chi connectivity index (χ1v) is 17.4. The predicted octanol–water partition coefficient (Wildman–Crippen LogP) is 6.79. The first kappa shape index (κ1) is 37.1. The molecule has 1 aromatic heterocycles. The Kier molecular flexibility index (Phi) is 11.2. The minimum Gasteiger partial charge on any atom is -0.493 e. The van der Waals surface area contributed by atoms with Crippen molar-refractivity contribution in [3.05, 3.63) is 114 Å². The molecule has 5 aromatic rings. The number of amides is 2. The largest absolute Gasteiger partial charge is 0.493 e. The topological polar surface area (TPSA) is 154 Å². The van der Waals surface area contributed by atoms with Crippen molar-refractivity contribution in [1.82, 2.24) is 4.98 Å². The zero-order valence-corrected chi connectivity index (χ0v) is 30.5. The summed E-state index contributed by atoms with van der Waals surface area (Å²) in [5.74, 6) is -0.466. The van der Waals surface area contributed by atoms with Crippen LogP contribution in [0.3, 0.4) is 0 Å². The molecule has 4 aromatic carbocycles. The molecule has 0 radical (unpaired) electrons. The Morgan fingerprint density at radius 2 is 1.50 bits per heavy atom. The van der Waals surface area contributed by atoms with Crippen LogP contribution in [0.2, 0.25) is 0 Å². The van der Waals surface area contributed by atoms with Crippen LogP contribution in [-0.4, -0.2) is 68.8 Å². The van der Waals surface area contributed by atoms with Crippen molar-refractivity contribution in [2.45, 2.75) is 16.7 Å². The average Bonchev–Trinajstić information content (AvgIpc) is 3.49. The van der Waals surface area contributed by atoms with Gasteiger partial charge in [0.1, 0.15) is 11.1 Å². The van der Waals surface area contributed by atoms with Crippen LogP contribution >= 0.6 is 11.8 Å². The number of hydrogen-bond donors (Lipinski definition) is 0. The van der Waals surface area contributed by atoms with Gasteiger partial charge in [-0.15, -0.1) is 0 Å². The van der Waals surface area contributed by atoms with Crippen LogP contribution in [0.1, 0.15) is 32.7 Å². The van der Waals surface area contributed by atoms with Crippen LogP contribution in [0.15, 0.2) is 102 Å². The van der Waals surface area contributed by atoms with Crippen molar-refractivity contribution in [2.75, 3.05) is 39.9 Å². The maximum absolute atomic E-state index is 13.8. The molecule has 1 aliphatic heterocycles. The molecule has 0 aliphatic carbocycles. The molecule has 2 amide bonds. The van der Waals surface area contributed by atoms with E-state index in [9.17, 15) is 24.4 Å². The molecular weight excluding hydrogens is 711 g/mol. The number of thioether (sulfide) groups is 1. The van der Waals surface area contributed by atoms with Gasteiger partial charge in [0.05, 0.1) is 56.2 Å². The molecule has 1 atom stereocenters. The van der Waals surface area contributed by atoms with Gasteiger partial charge in [-0.1, -0.05) is 54.2 Å². The minimum atomic E-state index is -0.893. The van der Waals surface area contributed by atoms with Crippen molar-refractivity contribution in [3.8, 4) is 51.5 Å². The van der Waals surface area contributed by atoms with E-state index in [1.165, 1.54) is 64.8 Å². The molecule has 0 bridgehead atoms. The van der Waals surface area contributed by atoms with Crippen LogP contribution in [0.5, 0.6) is 23.0 Å². The Bertz CT molecular complexity index is 2290. The van der Waals surface area contributed by atoms with Crippen LogP contribution in [0.4, 0.5) is 5.69 Å². The fourth-order valence-corrected chi connectivity index (χ4v) is 7.07. The number of methoxy groups -OCH3 is 4. The van der Waals surface area contributed by atoms with E-state index in [4.69, 9.17) is 28.7 Å². The number of carbonyl (C=O) groups is 4. The lowest BCUT2D eigenvalue weighted by Gasteiger charge is -2.18. The van der Waals surface area contributed by atoms with Gasteiger partial charge in [0.25, 0.3) is 0 Å². The monoisotopic (exact) mass is 743 g/mol. The van der Waals surface area contributed by atoms with Gasteiger partial charge in [-0.2, -0.15) is 5.26 Å². The number of hydrogen-bond acceptors (Lipinski definition) is 12. The molecule has 13 heteroatoms. The molecular formula is C41H33N3O9S. The number of benzene rings is 4. The van der Waals surface area contributed by atoms with Gasteiger partial charge in [0.2, 0.25) is 11.8 Å². The van der Waals surface area contributed by atoms with Crippen molar-refractivity contribution in [1.29, 1.82) is 5.26 Å². The van der Waals surface area contributed by atoms with Crippen LogP contribution < -0.4 is 23.8 Å². The summed E-state index contributed by atoms with van der Waals surface area (Å²) in [6.07, 6.45) is -0.147. The molecule has 2 heterocycles. The number of imide groups is 1. The number of para-hydroxylation sites is 1. The Morgan fingerprint density at radius 3 is 2.17 bits per heavy atom. The lowest BCUT2D eigenvalue weighted by Crippen LogP contribution is -2.31. The SMILES string of the molecule is COc1ccc(C(=O)COC(=O)c2ccc(N3C(=O)CC(Sc4nc(-c5ccccc5)cc(-c5cccc(OC)c5OC)c4C#N)C3=O)cc2)cc1OC. The Morgan fingerprint density at radius 1 is 0.796 bits per heavy atom. The van der Waals surface area contributed by atoms with E-state index in [-0.39, 0.29) is 33.8 Å². The third kappa shape index (κ3) is 7.46. The number of esters is 1. The van der Waals surface area contributed by atoms with Gasteiger partial charge in [0.15, 0.2) is 35.4 Å². The number of nitrogens with zero attached hydrogens (tertiary/aromatic N) is 3. The molecule has 54 heavy (non-hydrogen) atoms. The zero-order chi connectivity index (χ0) is 38.4. The number of aromatic nitrogens is 1. The van der Waals surface area contributed by atoms with Crippen molar-refractivity contribution >= 4 is 41.0 Å². The van der Waals surface area contributed by atoms with Crippen LogP contribution in [0.25, 0.3) is 22.4 Å². The fourth-order valence-electron chi connectivity index (χ4n) is 5.94. The predicted molar refractivity (Wildman–Crippen MR) is 200 cm³/mol. The number of rotatable bonds is 13. The first-order valence-electron chi connectivity index (χ1n) is 16.5. The summed E-state index contributed by atoms with van der Waals surface area (Å²) in [6, 6.07) is 29.1. The number of ether oxygens (including phenoxy) is 5. The summed E-state index contributed by atoms with van der Waals surface area (Å²) >= 11 is 1.03. The van der Waals surface area contributed by atoms with Crippen molar-refractivity contribution in [3.63, 3.8) is 0 Å². The summed E-state index contributed by atoms with van der Waals surface area (Å²) in [6.45, 7) is -0.519. The minimum absolute atomic E-state index is 0.116. The van der Waals surface area contributed by atoms with Gasteiger partial charge in [-0.3, -0.25) is 14.4 Å². The van der Waals surface area contributed by atoms with Gasteiger partial charge in [0, 0.05) is 28.7 Å². The quantitative estimate of drug-likeness (QED) is 0.0709. The fraction of sp³-hybridized carbons (Fsp3) is 0.171. The summed E-state index contributed by atoms with van der Waals surface area (Å²) in [4.78, 5) is 58.5. The summed E-state index contributed by atoms with van der Waals surface area (Å²) < 4.78 is 26.9. The smallest absolute Gasteiger partial charge is 0.338 e. The second-order valence-corrected chi connectivity index (χ2v) is 12.9. The molecule has 272 valence electrons. The number of pyridine rings is 1. The molecule has 1 saturated heterocycles. The summed E-state index contributed by atoms with van der Waals surface area (Å²) in [7, 11) is 5.96. The number of carbonyl (C=O) groups excluding carboxylic acids is 4. The van der Waals surface area contributed by atoms with Gasteiger partial charge < -0.3 is 23.7 Å². The molecule has 1 aliphatic rings. The molecule has 0 spiro atoms. The number of Topliss-reactive ketones (excluding diaryl/α,β-unsaturated/α-hetero) is 1. The van der Waals surface area contributed by atoms with Gasteiger partial charge in [-0.25, -0.2) is 14.7 Å². The zero-order valence-electron chi connectivity index (χ0n) is 29.7. The summed E-state index contributed by atoms with van der Waals surface area (Å²) in [5.41, 5.74) is 3.29. The molecule has 1 fully saturated rings. The van der Waals surface area contributed by atoms with E-state index in [0.29, 0.717) is 39.8 Å². The molecule has 0 N–H and O–H groups in total. The molecule has 6 rings (SSSR count). The lowest BCUT2D eigenvalue weighted by molar-refractivity contribution is -0.121. The average molecular weight is 744 g/mol. The third-order valence-corrected chi connectivity index (χ3v) is 9.79. The van der Waals surface area contributed by atoms with E-state index in [1.807, 2.05) is 36.4 Å². The van der Waals surface area contributed by atoms with Gasteiger partial charge >= 0.3 is 5.97 Å². The van der Waals surface area contributed by atoms with Gasteiger partial charge in [-0.05, 0) is 54.6 Å². The maximum Gasteiger partial charge on any atom is 0.338 e. The van der Waals surface area contributed by atoms with E-state index in [2.05, 4.69) is 6.07 Å². The Hall–Kier alpha value is -6.65. The number of ketones is 1. The molecule has 1 unspecified atom stereocenters. The van der Waals surface area contributed by atoms with Crippen molar-refractivity contribution in [2.24, 2.45) is 0 Å². The van der Waals surface area contributed by atoms with E-state index in [0.717, 1.165) is 22.2 Å².